The highest BCUT2D eigenvalue weighted by Crippen LogP contribution is 2.24. The van der Waals surface area contributed by atoms with Gasteiger partial charge in [-0.1, -0.05) is 11.6 Å². The van der Waals surface area contributed by atoms with E-state index in [-0.39, 0.29) is 0 Å². The largest absolute Gasteiger partial charge is 0.361 e. The molecule has 0 bridgehead atoms. The van der Waals surface area contributed by atoms with Crippen LogP contribution >= 0.6 is 11.6 Å². The van der Waals surface area contributed by atoms with Crippen LogP contribution in [0.1, 0.15) is 5.56 Å². The van der Waals surface area contributed by atoms with Crippen LogP contribution in [0.25, 0.3) is 0 Å². The molecule has 3 nitrogen and oxygen atoms in total. The van der Waals surface area contributed by atoms with Crippen LogP contribution in [0.5, 0.6) is 0 Å². The third-order valence-electron chi connectivity index (χ3n) is 1.41. The van der Waals surface area contributed by atoms with Crippen LogP contribution in [0.3, 0.4) is 0 Å². The first-order valence-corrected chi connectivity index (χ1v) is 3.76. The summed E-state index contributed by atoms with van der Waals surface area (Å²) in [5.74, 6) is 0.621. The van der Waals surface area contributed by atoms with Gasteiger partial charge >= 0.3 is 0 Å². The van der Waals surface area contributed by atoms with Gasteiger partial charge in [-0.15, -0.1) is 0 Å². The summed E-state index contributed by atoms with van der Waals surface area (Å²) in [6.07, 6.45) is 1.57. The molecular formula is C8H8ClN3. The molecule has 0 N–H and O–H groups in total. The van der Waals surface area contributed by atoms with E-state index in [1.807, 2.05) is 20.2 Å². The highest BCUT2D eigenvalue weighted by molar-refractivity contribution is 6.34. The lowest BCUT2D eigenvalue weighted by atomic mass is 10.3. The van der Waals surface area contributed by atoms with E-state index >= 15 is 0 Å². The lowest BCUT2D eigenvalue weighted by molar-refractivity contribution is 1.07. The first-order chi connectivity index (χ1) is 5.66. The maximum absolute atomic E-state index is 8.64. The predicted octanol–water partition coefficient (Wildman–Crippen LogP) is 1.67. The molecule has 0 aliphatic carbocycles. The second kappa shape index (κ2) is 3.42. The van der Waals surface area contributed by atoms with Gasteiger partial charge in [0.1, 0.15) is 16.9 Å². The molecule has 0 aliphatic heterocycles. The average Bonchev–Trinajstić information content (AvgIpc) is 2.04. The lowest BCUT2D eigenvalue weighted by Gasteiger charge is -2.12. The monoisotopic (exact) mass is 181 g/mol. The highest BCUT2D eigenvalue weighted by atomic mass is 35.5. The molecule has 0 spiro atoms. The first kappa shape index (κ1) is 8.82. The van der Waals surface area contributed by atoms with Crippen molar-refractivity contribution in [1.29, 1.82) is 5.26 Å². The minimum absolute atomic E-state index is 0.407. The summed E-state index contributed by atoms with van der Waals surface area (Å²) >= 11 is 5.88. The maximum atomic E-state index is 8.64. The van der Waals surface area contributed by atoms with Crippen LogP contribution in [0.2, 0.25) is 5.02 Å². The summed E-state index contributed by atoms with van der Waals surface area (Å²) in [4.78, 5) is 5.80. The molecular weight excluding hydrogens is 174 g/mol. The second-order valence-electron chi connectivity index (χ2n) is 2.50. The Morgan fingerprint density at radius 2 is 2.25 bits per heavy atom. The maximum Gasteiger partial charge on any atom is 0.148 e. The van der Waals surface area contributed by atoms with Crippen molar-refractivity contribution in [3.63, 3.8) is 0 Å². The first-order valence-electron chi connectivity index (χ1n) is 3.38. The molecule has 4 heteroatoms. The van der Waals surface area contributed by atoms with Crippen molar-refractivity contribution < 1.29 is 0 Å². The number of anilines is 1. The number of pyridine rings is 1. The molecule has 0 amide bonds. The van der Waals surface area contributed by atoms with Crippen molar-refractivity contribution in [2.45, 2.75) is 0 Å². The zero-order valence-corrected chi connectivity index (χ0v) is 7.63. The number of aromatic nitrogens is 1. The highest BCUT2D eigenvalue weighted by Gasteiger charge is 2.07. The van der Waals surface area contributed by atoms with E-state index in [2.05, 4.69) is 4.98 Å². The molecule has 12 heavy (non-hydrogen) atoms. The van der Waals surface area contributed by atoms with Gasteiger partial charge < -0.3 is 4.90 Å². The molecule has 1 heterocycles. The smallest absolute Gasteiger partial charge is 0.148 e. The fourth-order valence-corrected chi connectivity index (χ4v) is 1.15. The van der Waals surface area contributed by atoms with Crippen LogP contribution in [0.4, 0.5) is 5.82 Å². The molecule has 0 atom stereocenters. The van der Waals surface area contributed by atoms with Crippen LogP contribution in [0, 0.1) is 11.3 Å². The van der Waals surface area contributed by atoms with E-state index < -0.39 is 0 Å². The Labute approximate surface area is 76.2 Å². The quantitative estimate of drug-likeness (QED) is 0.662. The summed E-state index contributed by atoms with van der Waals surface area (Å²) in [5.41, 5.74) is 0.454. The van der Waals surface area contributed by atoms with E-state index in [0.29, 0.717) is 16.4 Å². The van der Waals surface area contributed by atoms with Crippen LogP contribution in [-0.2, 0) is 0 Å². The van der Waals surface area contributed by atoms with E-state index in [1.54, 1.807) is 17.2 Å². The molecule has 1 rings (SSSR count). The summed E-state index contributed by atoms with van der Waals surface area (Å²) in [6, 6.07) is 3.58. The standard InChI is InChI=1S/C8H8ClN3/c1-12(2)8-7(9)6(5-10)3-4-11-8/h3-4H,1-2H3. The molecule has 62 valence electrons. The number of rotatable bonds is 1. The van der Waals surface area contributed by atoms with Gasteiger partial charge in [0.2, 0.25) is 0 Å². The molecule has 0 fully saturated rings. The third kappa shape index (κ3) is 1.49. The SMILES string of the molecule is CN(C)c1nccc(C#N)c1Cl. The minimum Gasteiger partial charge on any atom is -0.361 e. The summed E-state index contributed by atoms with van der Waals surface area (Å²) in [7, 11) is 3.66. The van der Waals surface area contributed by atoms with Crippen molar-refractivity contribution in [3.05, 3.63) is 22.8 Å². The van der Waals surface area contributed by atoms with Gasteiger partial charge in [0.25, 0.3) is 0 Å². The number of halogens is 1. The Hall–Kier alpha value is -1.27. The minimum atomic E-state index is 0.407. The van der Waals surface area contributed by atoms with E-state index in [4.69, 9.17) is 16.9 Å². The number of hydrogen-bond acceptors (Lipinski definition) is 3. The van der Waals surface area contributed by atoms with Crippen molar-refractivity contribution >= 4 is 17.4 Å². The summed E-state index contributed by atoms with van der Waals surface area (Å²) in [6.45, 7) is 0. The van der Waals surface area contributed by atoms with Crippen molar-refractivity contribution in [1.82, 2.24) is 4.98 Å². The van der Waals surface area contributed by atoms with Crippen molar-refractivity contribution in [3.8, 4) is 6.07 Å². The topological polar surface area (TPSA) is 39.9 Å². The number of nitriles is 1. The molecule has 0 unspecified atom stereocenters. The van der Waals surface area contributed by atoms with Gasteiger partial charge in [-0.2, -0.15) is 5.26 Å². The molecule has 0 saturated carbocycles. The molecule has 0 aromatic carbocycles. The summed E-state index contributed by atoms with van der Waals surface area (Å²) in [5, 5.41) is 9.05. The number of nitrogens with zero attached hydrogens (tertiary/aromatic N) is 3. The molecule has 1 aromatic rings. The lowest BCUT2D eigenvalue weighted by Crippen LogP contribution is -2.11. The molecule has 0 aliphatic rings. The Morgan fingerprint density at radius 1 is 1.58 bits per heavy atom. The fourth-order valence-electron chi connectivity index (χ4n) is 0.831. The zero-order chi connectivity index (χ0) is 9.14. The van der Waals surface area contributed by atoms with Crippen molar-refractivity contribution in [2.75, 3.05) is 19.0 Å². The molecule has 1 aromatic heterocycles. The van der Waals surface area contributed by atoms with Crippen LogP contribution < -0.4 is 4.90 Å². The van der Waals surface area contributed by atoms with E-state index in [0.717, 1.165) is 0 Å². The van der Waals surface area contributed by atoms with Gasteiger partial charge in [0.15, 0.2) is 0 Å². The number of hydrogen-bond donors (Lipinski definition) is 0. The Morgan fingerprint density at radius 3 is 2.75 bits per heavy atom. The normalized spacial score (nSPS) is 9.17. The van der Waals surface area contributed by atoms with Gasteiger partial charge in [0, 0.05) is 20.3 Å². The predicted molar refractivity (Wildman–Crippen MR) is 48.3 cm³/mol. The van der Waals surface area contributed by atoms with E-state index in [1.165, 1.54) is 0 Å². The van der Waals surface area contributed by atoms with Gasteiger partial charge in [-0.25, -0.2) is 4.98 Å². The fraction of sp³-hybridized carbons (Fsp3) is 0.250. The van der Waals surface area contributed by atoms with Crippen molar-refractivity contribution in [2.24, 2.45) is 0 Å². The molecule has 0 saturated heterocycles. The third-order valence-corrected chi connectivity index (χ3v) is 1.79. The van der Waals surface area contributed by atoms with Crippen LogP contribution in [-0.4, -0.2) is 19.1 Å². The van der Waals surface area contributed by atoms with Gasteiger partial charge in [-0.3, -0.25) is 0 Å². The Bertz CT molecular complexity index is 328. The van der Waals surface area contributed by atoms with Gasteiger partial charge in [0.05, 0.1) is 5.56 Å². The zero-order valence-electron chi connectivity index (χ0n) is 6.87. The van der Waals surface area contributed by atoms with Gasteiger partial charge in [-0.05, 0) is 6.07 Å². The average molecular weight is 182 g/mol. The Balaban J connectivity index is 3.25. The Kier molecular flexibility index (Phi) is 2.51. The van der Waals surface area contributed by atoms with Crippen LogP contribution in [0.15, 0.2) is 12.3 Å². The second-order valence-corrected chi connectivity index (χ2v) is 2.88. The van der Waals surface area contributed by atoms with E-state index in [9.17, 15) is 0 Å². The summed E-state index contributed by atoms with van der Waals surface area (Å²) < 4.78 is 0. The molecule has 0 radical (unpaired) electrons.